The molecule has 2 aliphatic carbocycles. The van der Waals surface area contributed by atoms with Gasteiger partial charge in [0.05, 0.1) is 29.6 Å². The predicted molar refractivity (Wildman–Crippen MR) is 210 cm³/mol. The van der Waals surface area contributed by atoms with Crippen LogP contribution in [0, 0.1) is 11.8 Å². The lowest BCUT2D eigenvalue weighted by atomic mass is 9.87. The highest BCUT2D eigenvalue weighted by atomic mass is 35.5. The zero-order chi connectivity index (χ0) is 36.5. The number of rotatable bonds is 8. The number of amides is 2. The molecule has 1 aliphatic heterocycles. The minimum Gasteiger partial charge on any atom is -0.491 e. The van der Waals surface area contributed by atoms with Crippen molar-refractivity contribution in [2.24, 2.45) is 16.8 Å². The van der Waals surface area contributed by atoms with E-state index in [4.69, 9.17) is 27.9 Å². The molecular weight excluding hydrogens is 739 g/mol. The molecule has 52 heavy (non-hydrogen) atoms. The van der Waals surface area contributed by atoms with Crippen LogP contribution in [0.5, 0.6) is 5.75 Å². The Labute approximate surface area is 320 Å². The number of hydrogen-bond acceptors (Lipinski definition) is 11. The topological polar surface area (TPSA) is 126 Å². The molecule has 2 atom stereocenters. The normalized spacial score (nSPS) is 17.2. The molecule has 2 amide bonds. The number of anilines is 2. The highest BCUT2D eigenvalue weighted by Gasteiger charge is 2.31. The van der Waals surface area contributed by atoms with E-state index in [1.807, 2.05) is 34.4 Å². The van der Waals surface area contributed by atoms with E-state index in [1.165, 1.54) is 27.2 Å². The maximum Gasteiger partial charge on any atom is 0.225 e. The number of nitrogens with one attached hydrogen (secondary N) is 1. The first-order chi connectivity index (χ1) is 25.1. The molecule has 0 unspecified atom stereocenters. The van der Waals surface area contributed by atoms with Crippen LogP contribution in [0.4, 0.5) is 11.5 Å². The highest BCUT2D eigenvalue weighted by Crippen LogP contribution is 2.43. The molecule has 1 N–H and O–H groups in total. The van der Waals surface area contributed by atoms with Crippen LogP contribution >= 0.6 is 45.9 Å². The van der Waals surface area contributed by atoms with Crippen LogP contribution in [-0.2, 0) is 41.8 Å². The van der Waals surface area contributed by atoms with Crippen LogP contribution in [0.25, 0.3) is 20.4 Å². The molecule has 0 bridgehead atoms. The zero-order valence-corrected chi connectivity index (χ0v) is 32.7. The maximum atomic E-state index is 12.5. The van der Waals surface area contributed by atoms with Gasteiger partial charge in [-0.15, -0.1) is 34.3 Å². The summed E-state index contributed by atoms with van der Waals surface area (Å²) in [7, 11) is 7.27. The van der Waals surface area contributed by atoms with Crippen LogP contribution in [0.1, 0.15) is 51.3 Å². The van der Waals surface area contributed by atoms with E-state index in [0.717, 1.165) is 93.8 Å². The van der Waals surface area contributed by atoms with E-state index in [0.29, 0.717) is 24.2 Å². The van der Waals surface area contributed by atoms with Crippen LogP contribution in [-0.4, -0.2) is 88.4 Å². The smallest absolute Gasteiger partial charge is 0.225 e. The van der Waals surface area contributed by atoms with Gasteiger partial charge in [-0.25, -0.2) is 19.9 Å². The lowest BCUT2D eigenvalue weighted by molar-refractivity contribution is -0.134. The van der Waals surface area contributed by atoms with Gasteiger partial charge >= 0.3 is 0 Å². The van der Waals surface area contributed by atoms with E-state index in [-0.39, 0.29) is 23.7 Å². The maximum absolute atomic E-state index is 12.5. The summed E-state index contributed by atoms with van der Waals surface area (Å²) in [6.45, 7) is 1.22. The molecule has 0 saturated carbocycles. The molecular formula is C37H40Cl2N8O3S2. The van der Waals surface area contributed by atoms with Crippen LogP contribution in [0.3, 0.4) is 0 Å². The predicted octanol–water partition coefficient (Wildman–Crippen LogP) is 7.11. The first kappa shape index (κ1) is 36.4. The van der Waals surface area contributed by atoms with Gasteiger partial charge in [-0.1, -0.05) is 11.6 Å². The van der Waals surface area contributed by atoms with E-state index in [2.05, 4.69) is 42.4 Å². The summed E-state index contributed by atoms with van der Waals surface area (Å²) in [5, 5.41) is 6.09. The Bertz CT molecular complexity index is 2180. The molecule has 4 aromatic heterocycles. The van der Waals surface area contributed by atoms with Gasteiger partial charge < -0.3 is 19.9 Å². The average molecular weight is 780 g/mol. The molecule has 0 saturated heterocycles. The number of hydrogen-bond donors (Lipinski definition) is 1. The Hall–Kier alpha value is -3.91. The van der Waals surface area contributed by atoms with Crippen LogP contribution < -0.4 is 10.1 Å². The highest BCUT2D eigenvalue weighted by molar-refractivity contribution is 7.19. The lowest BCUT2D eigenvalue weighted by Gasteiger charge is -2.24. The van der Waals surface area contributed by atoms with Gasteiger partial charge in [0.15, 0.2) is 0 Å². The summed E-state index contributed by atoms with van der Waals surface area (Å²) in [5.74, 6) is 2.62. The second kappa shape index (κ2) is 15.6. The fraction of sp³-hybridized carbons (Fsp3) is 0.432. The molecule has 0 spiro atoms. The molecule has 1 aromatic carbocycles. The molecule has 272 valence electrons. The molecule has 5 aromatic rings. The number of nitrogens with zero attached hydrogens (tertiary/aromatic N) is 7. The summed E-state index contributed by atoms with van der Waals surface area (Å²) in [6.07, 6.45) is 10.8. The van der Waals surface area contributed by atoms with Crippen molar-refractivity contribution in [2.45, 2.75) is 51.5 Å². The fourth-order valence-corrected chi connectivity index (χ4v) is 10.1. The van der Waals surface area contributed by atoms with Crippen molar-refractivity contribution in [1.29, 1.82) is 0 Å². The van der Waals surface area contributed by atoms with Crippen molar-refractivity contribution in [2.75, 3.05) is 46.0 Å². The van der Waals surface area contributed by atoms with E-state index in [9.17, 15) is 9.59 Å². The third kappa shape index (κ3) is 7.33. The van der Waals surface area contributed by atoms with Gasteiger partial charge in [0.1, 0.15) is 39.0 Å². The van der Waals surface area contributed by atoms with Crippen molar-refractivity contribution >= 4 is 95.8 Å². The first-order valence-corrected chi connectivity index (χ1v) is 19.9. The first-order valence-electron chi connectivity index (χ1n) is 17.3. The van der Waals surface area contributed by atoms with Gasteiger partial charge in [0.2, 0.25) is 11.8 Å². The fourth-order valence-electron chi connectivity index (χ4n) is 7.15. The number of halogens is 2. The molecule has 11 nitrogen and oxygen atoms in total. The van der Waals surface area contributed by atoms with E-state index < -0.39 is 0 Å². The summed E-state index contributed by atoms with van der Waals surface area (Å²) in [5.41, 5.74) is 5.60. The van der Waals surface area contributed by atoms with Crippen molar-refractivity contribution in [3.63, 3.8) is 0 Å². The van der Waals surface area contributed by atoms with Gasteiger partial charge in [0.25, 0.3) is 0 Å². The van der Waals surface area contributed by atoms with Crippen molar-refractivity contribution in [1.82, 2.24) is 29.7 Å². The summed E-state index contributed by atoms with van der Waals surface area (Å²) in [4.78, 5) is 54.2. The van der Waals surface area contributed by atoms with E-state index >= 15 is 0 Å². The Kier molecular flexibility index (Phi) is 10.9. The number of fused-ring (bicyclic) bond motifs is 7. The quantitative estimate of drug-likeness (QED) is 0.100. The van der Waals surface area contributed by atoms with Crippen LogP contribution in [0.2, 0.25) is 5.15 Å². The number of benzene rings is 1. The molecule has 15 heteroatoms. The van der Waals surface area contributed by atoms with Crippen molar-refractivity contribution in [3.05, 3.63) is 61.9 Å². The number of alkyl halides is 1. The SMILES string of the molecule is CN(C)C(=O)[C@H]1CCc2c(sc3ncnc(Cl)c23)C1.CN(C)C(=O)[C@H]1CCc2c(sc3ncnc(Nc4cc5c(cc4OCCCCl)CN=C5)c23)C1. The third-order valence-corrected chi connectivity index (χ3v) is 12.6. The standard InChI is InChI=1S/C24H26ClN5O2S.C13H14ClN3OS/c1-30(2)24(31)14-4-5-17-20(10-14)33-23-21(17)22(27-13-28-23)29-18-8-15-11-26-12-16(15)9-19(18)32-7-3-6-25;1-17(2)13(18)7-3-4-8-9(5-7)19-12-10(8)11(14)15-6-16-12/h8-9,11,13-14H,3-7,10,12H2,1-2H3,(H,27,28,29);6-7H,3-5H2,1-2H3/t14-;7-/m00/s1. The molecule has 3 aliphatic rings. The minimum atomic E-state index is 0.0304. The molecule has 5 heterocycles. The summed E-state index contributed by atoms with van der Waals surface area (Å²) in [6, 6.07) is 4.12. The number of thiophene rings is 2. The second-order valence-corrected chi connectivity index (χ2v) is 16.5. The number of ether oxygens (including phenoxy) is 1. The minimum absolute atomic E-state index is 0.0304. The number of carbonyl (C=O) groups is 2. The third-order valence-electron chi connectivity index (χ3n) is 9.75. The Balaban J connectivity index is 0.000000187. The summed E-state index contributed by atoms with van der Waals surface area (Å²) >= 11 is 15.3. The second-order valence-electron chi connectivity index (χ2n) is 13.6. The zero-order valence-electron chi connectivity index (χ0n) is 29.5. The Morgan fingerprint density at radius 3 is 2.13 bits per heavy atom. The number of aromatic nitrogens is 4. The number of aryl methyl sites for hydroxylation is 2. The average Bonchev–Trinajstić information content (AvgIpc) is 3.86. The van der Waals surface area contributed by atoms with Crippen molar-refractivity contribution < 1.29 is 14.3 Å². The molecule has 0 radical (unpaired) electrons. The van der Waals surface area contributed by atoms with Crippen LogP contribution in [0.15, 0.2) is 29.8 Å². The van der Waals surface area contributed by atoms with Gasteiger partial charge in [-0.05, 0) is 79.3 Å². The molecule has 8 rings (SSSR count). The summed E-state index contributed by atoms with van der Waals surface area (Å²) < 4.78 is 6.06. The Morgan fingerprint density at radius 2 is 1.50 bits per heavy atom. The van der Waals surface area contributed by atoms with Gasteiger partial charge in [0, 0.05) is 61.9 Å². The van der Waals surface area contributed by atoms with Gasteiger partial charge in [-0.3, -0.25) is 14.6 Å². The largest absolute Gasteiger partial charge is 0.491 e. The lowest BCUT2D eigenvalue weighted by Crippen LogP contribution is -2.32. The Morgan fingerprint density at radius 1 is 0.885 bits per heavy atom. The number of carbonyl (C=O) groups excluding carboxylic acids is 2. The number of aliphatic imine (C=N–C) groups is 1. The van der Waals surface area contributed by atoms with Gasteiger partial charge in [-0.2, -0.15) is 0 Å². The van der Waals surface area contributed by atoms with Crippen molar-refractivity contribution in [3.8, 4) is 5.75 Å². The van der Waals surface area contributed by atoms with E-state index in [1.54, 1.807) is 38.8 Å². The molecule has 0 fully saturated rings. The monoisotopic (exact) mass is 778 g/mol.